The van der Waals surface area contributed by atoms with E-state index in [1.165, 1.54) is 0 Å². The molecule has 0 aliphatic rings. The van der Waals surface area contributed by atoms with Crippen LogP contribution in [0.5, 0.6) is 0 Å². The Morgan fingerprint density at radius 1 is 1.35 bits per heavy atom. The molecule has 2 aromatic rings. The molecule has 7 heteroatoms. The van der Waals surface area contributed by atoms with Crippen molar-refractivity contribution in [2.45, 2.75) is 5.75 Å². The largest absolute Gasteiger partial charge is 0.397 e. The molecule has 0 radical (unpaired) electrons. The Morgan fingerprint density at radius 2 is 2.06 bits per heavy atom. The first-order chi connectivity index (χ1) is 8.13. The molecule has 17 heavy (non-hydrogen) atoms. The Labute approximate surface area is 112 Å². The van der Waals surface area contributed by atoms with Crippen molar-refractivity contribution >= 4 is 40.7 Å². The number of nitrogens with two attached hydrogens (primary N) is 1. The lowest BCUT2D eigenvalue weighted by Gasteiger charge is -2.04. The molecule has 90 valence electrons. The zero-order valence-electron chi connectivity index (χ0n) is 8.91. The van der Waals surface area contributed by atoms with Crippen LogP contribution in [0.3, 0.4) is 0 Å². The molecule has 0 saturated carbocycles. The molecule has 1 aromatic carbocycles. The Balaban J connectivity index is 2.48. The molecule has 0 bridgehead atoms. The lowest BCUT2D eigenvalue weighted by Crippen LogP contribution is -1.93. The minimum atomic E-state index is 0.291. The van der Waals surface area contributed by atoms with Gasteiger partial charge in [-0.15, -0.1) is 0 Å². The fourth-order valence-electron chi connectivity index (χ4n) is 1.33. The number of benzene rings is 1. The molecule has 0 aliphatic carbocycles. The number of halogens is 2. The van der Waals surface area contributed by atoms with Crippen LogP contribution in [-0.2, 0) is 5.75 Å². The van der Waals surface area contributed by atoms with Gasteiger partial charge >= 0.3 is 0 Å². The van der Waals surface area contributed by atoms with Crippen LogP contribution in [0.15, 0.2) is 16.7 Å². The summed E-state index contributed by atoms with van der Waals surface area (Å²) in [6.45, 7) is 0. The average molecular weight is 290 g/mol. The fraction of sp³-hybridized carbons (Fsp3) is 0.200. The summed E-state index contributed by atoms with van der Waals surface area (Å²) in [6, 6.07) is 3.27. The van der Waals surface area contributed by atoms with E-state index in [1.807, 2.05) is 6.26 Å². The highest BCUT2D eigenvalue weighted by Gasteiger charge is 2.17. The summed E-state index contributed by atoms with van der Waals surface area (Å²) in [7, 11) is 0. The van der Waals surface area contributed by atoms with Gasteiger partial charge in [-0.25, -0.2) is 0 Å². The molecule has 1 aromatic heterocycles. The summed E-state index contributed by atoms with van der Waals surface area (Å²) in [5.41, 5.74) is 6.68. The normalized spacial score (nSPS) is 10.8. The Hall–Kier alpha value is -0.910. The van der Waals surface area contributed by atoms with E-state index in [0.717, 1.165) is 0 Å². The van der Waals surface area contributed by atoms with Gasteiger partial charge in [-0.2, -0.15) is 16.7 Å². The summed E-state index contributed by atoms with van der Waals surface area (Å²) >= 11 is 13.6. The van der Waals surface area contributed by atoms with E-state index < -0.39 is 0 Å². The van der Waals surface area contributed by atoms with Gasteiger partial charge in [-0.1, -0.05) is 28.4 Å². The molecule has 0 amide bonds. The van der Waals surface area contributed by atoms with E-state index in [4.69, 9.17) is 33.5 Å². The highest BCUT2D eigenvalue weighted by molar-refractivity contribution is 7.97. The van der Waals surface area contributed by atoms with Crippen LogP contribution in [-0.4, -0.2) is 16.4 Å². The Morgan fingerprint density at radius 3 is 2.76 bits per heavy atom. The van der Waals surface area contributed by atoms with Crippen molar-refractivity contribution in [2.24, 2.45) is 0 Å². The number of thioether (sulfide) groups is 1. The van der Waals surface area contributed by atoms with Crippen LogP contribution in [0.25, 0.3) is 11.5 Å². The molecule has 0 unspecified atom stereocenters. The summed E-state index contributed by atoms with van der Waals surface area (Å²) in [6.07, 6.45) is 1.96. The van der Waals surface area contributed by atoms with Gasteiger partial charge in [-0.3, -0.25) is 0 Å². The zero-order valence-corrected chi connectivity index (χ0v) is 11.2. The van der Waals surface area contributed by atoms with Crippen molar-refractivity contribution in [1.82, 2.24) is 10.1 Å². The predicted octanol–water partition coefficient (Wildman–Crippen LogP) is 3.49. The molecule has 0 atom stereocenters. The van der Waals surface area contributed by atoms with Crippen molar-refractivity contribution in [3.05, 3.63) is 28.0 Å². The van der Waals surface area contributed by atoms with Gasteiger partial charge in [0.1, 0.15) is 0 Å². The summed E-state index contributed by atoms with van der Waals surface area (Å²) < 4.78 is 5.12. The molecule has 0 aliphatic heterocycles. The number of nitrogen functional groups attached to an aromatic ring is 1. The number of hydrogen-bond donors (Lipinski definition) is 1. The third-order valence-electron chi connectivity index (χ3n) is 2.10. The monoisotopic (exact) mass is 289 g/mol. The lowest BCUT2D eigenvalue weighted by atomic mass is 10.2. The van der Waals surface area contributed by atoms with E-state index in [9.17, 15) is 0 Å². The number of rotatable bonds is 3. The molecule has 0 spiro atoms. The van der Waals surface area contributed by atoms with Crippen LogP contribution in [0.2, 0.25) is 10.0 Å². The van der Waals surface area contributed by atoms with Gasteiger partial charge in [0.15, 0.2) is 5.82 Å². The number of hydrogen-bond acceptors (Lipinski definition) is 5. The van der Waals surface area contributed by atoms with Crippen molar-refractivity contribution in [3.8, 4) is 11.5 Å². The van der Waals surface area contributed by atoms with Gasteiger partial charge in [0.2, 0.25) is 0 Å². The average Bonchev–Trinajstić information content (AvgIpc) is 2.73. The maximum absolute atomic E-state index is 6.05. The third kappa shape index (κ3) is 2.51. The summed E-state index contributed by atoms with van der Waals surface area (Å²) in [4.78, 5) is 4.21. The second kappa shape index (κ2) is 5.16. The third-order valence-corrected chi connectivity index (χ3v) is 3.29. The molecule has 1 heterocycles. The quantitative estimate of drug-likeness (QED) is 0.876. The van der Waals surface area contributed by atoms with Crippen LogP contribution in [0, 0.1) is 0 Å². The molecule has 0 saturated heterocycles. The van der Waals surface area contributed by atoms with E-state index in [2.05, 4.69) is 10.1 Å². The molecule has 4 nitrogen and oxygen atoms in total. The van der Waals surface area contributed by atoms with Gasteiger partial charge < -0.3 is 10.3 Å². The van der Waals surface area contributed by atoms with E-state index in [-0.39, 0.29) is 0 Å². The van der Waals surface area contributed by atoms with Crippen molar-refractivity contribution in [1.29, 1.82) is 0 Å². The zero-order chi connectivity index (χ0) is 12.4. The first-order valence-electron chi connectivity index (χ1n) is 4.69. The highest BCUT2D eigenvalue weighted by Crippen LogP contribution is 2.36. The second-order valence-corrected chi connectivity index (χ2v) is 4.95. The summed E-state index contributed by atoms with van der Waals surface area (Å²) in [5.74, 6) is 1.56. The van der Waals surface area contributed by atoms with Gasteiger partial charge in [-0.05, 0) is 18.4 Å². The highest BCUT2D eigenvalue weighted by atomic mass is 35.5. The number of aromatic nitrogens is 2. The molecule has 2 rings (SSSR count). The lowest BCUT2D eigenvalue weighted by molar-refractivity contribution is 0.425. The van der Waals surface area contributed by atoms with E-state index in [0.29, 0.717) is 38.8 Å². The molecule has 0 fully saturated rings. The number of anilines is 1. The minimum Gasteiger partial charge on any atom is -0.397 e. The van der Waals surface area contributed by atoms with Gasteiger partial charge in [0.05, 0.1) is 27.0 Å². The first kappa shape index (κ1) is 12.5. The van der Waals surface area contributed by atoms with Crippen LogP contribution in [0.1, 0.15) is 5.82 Å². The van der Waals surface area contributed by atoms with Crippen LogP contribution in [0.4, 0.5) is 5.69 Å². The van der Waals surface area contributed by atoms with Crippen LogP contribution < -0.4 is 5.73 Å². The standard InChI is InChI=1S/C10H9Cl2N3OS/c1-17-4-7-14-10(16-15-7)8-5(11)2-3-6(12)9(8)13/h2-3H,4,13H2,1H3. The molecule has 2 N–H and O–H groups in total. The summed E-state index contributed by atoms with van der Waals surface area (Å²) in [5, 5.41) is 4.68. The first-order valence-corrected chi connectivity index (χ1v) is 6.84. The fourth-order valence-corrected chi connectivity index (χ4v) is 2.11. The van der Waals surface area contributed by atoms with Crippen molar-refractivity contribution in [3.63, 3.8) is 0 Å². The molecular formula is C10H9Cl2N3OS. The van der Waals surface area contributed by atoms with Crippen molar-refractivity contribution in [2.75, 3.05) is 12.0 Å². The minimum absolute atomic E-state index is 0.291. The Bertz CT molecular complexity index is 544. The molecular weight excluding hydrogens is 281 g/mol. The smallest absolute Gasteiger partial charge is 0.261 e. The van der Waals surface area contributed by atoms with Gasteiger partial charge in [0.25, 0.3) is 5.89 Å². The van der Waals surface area contributed by atoms with Crippen LogP contribution >= 0.6 is 35.0 Å². The maximum Gasteiger partial charge on any atom is 0.261 e. The maximum atomic E-state index is 6.05. The Kier molecular flexibility index (Phi) is 3.81. The topological polar surface area (TPSA) is 64.9 Å². The van der Waals surface area contributed by atoms with E-state index in [1.54, 1.807) is 23.9 Å². The van der Waals surface area contributed by atoms with Gasteiger partial charge in [0, 0.05) is 0 Å². The second-order valence-electron chi connectivity index (χ2n) is 3.27. The van der Waals surface area contributed by atoms with Crippen molar-refractivity contribution < 1.29 is 4.52 Å². The SMILES string of the molecule is CSCc1noc(-c2c(Cl)ccc(Cl)c2N)n1. The van der Waals surface area contributed by atoms with E-state index >= 15 is 0 Å². The predicted molar refractivity (Wildman–Crippen MR) is 71.4 cm³/mol. The number of nitrogens with zero attached hydrogens (tertiary/aromatic N) is 2.